The Bertz CT molecular complexity index is 528. The van der Waals surface area contributed by atoms with Crippen LogP contribution in [0.2, 0.25) is 0 Å². The van der Waals surface area contributed by atoms with Gasteiger partial charge in [0.15, 0.2) is 0 Å². The largest absolute Gasteiger partial charge is 0.508 e. The number of phenols is 1. The number of rotatable bonds is 5. The summed E-state index contributed by atoms with van der Waals surface area (Å²) in [4.78, 5) is 22.2. The van der Waals surface area contributed by atoms with E-state index >= 15 is 0 Å². The predicted octanol–water partition coefficient (Wildman–Crippen LogP) is 1.93. The van der Waals surface area contributed by atoms with Crippen molar-refractivity contribution in [3.63, 3.8) is 0 Å². The fourth-order valence-corrected chi connectivity index (χ4v) is 2.52. The molecule has 19 heavy (non-hydrogen) atoms. The Labute approximate surface area is 114 Å². The first-order chi connectivity index (χ1) is 8.97. The lowest BCUT2D eigenvalue weighted by molar-refractivity contribution is -0.385. The molecule has 1 aliphatic carbocycles. The number of carbonyl (C=O) groups is 1. The van der Waals surface area contributed by atoms with Crippen LogP contribution in [0.25, 0.3) is 0 Å². The van der Waals surface area contributed by atoms with Gasteiger partial charge in [0.05, 0.1) is 4.92 Å². The van der Waals surface area contributed by atoms with Crippen molar-refractivity contribution >= 4 is 23.4 Å². The fraction of sp³-hybridized carbons (Fsp3) is 0.417. The van der Waals surface area contributed by atoms with Crippen LogP contribution in [0.15, 0.2) is 18.2 Å². The number of nitrogens with zero attached hydrogens (tertiary/aromatic N) is 1. The third-order valence-corrected chi connectivity index (χ3v) is 4.65. The topological polar surface area (TPSA) is 92.5 Å². The zero-order valence-corrected chi connectivity index (χ0v) is 11.2. The fourth-order valence-electron chi connectivity index (χ4n) is 1.79. The van der Waals surface area contributed by atoms with Crippen molar-refractivity contribution in [2.45, 2.75) is 17.6 Å². The first-order valence-corrected chi connectivity index (χ1v) is 7.01. The normalized spacial score (nSPS) is 15.8. The highest BCUT2D eigenvalue weighted by Gasteiger charge is 2.42. The Morgan fingerprint density at radius 2 is 2.26 bits per heavy atom. The molecule has 1 fully saturated rings. The maximum Gasteiger partial charge on any atom is 0.282 e. The first-order valence-electron chi connectivity index (χ1n) is 5.78. The van der Waals surface area contributed by atoms with Crippen LogP contribution in [-0.2, 0) is 0 Å². The number of amides is 1. The van der Waals surface area contributed by atoms with Gasteiger partial charge in [0.1, 0.15) is 11.3 Å². The minimum absolute atomic E-state index is 0.0846. The van der Waals surface area contributed by atoms with Gasteiger partial charge in [0.2, 0.25) is 0 Å². The molecule has 0 unspecified atom stereocenters. The van der Waals surface area contributed by atoms with Crippen molar-refractivity contribution in [2.75, 3.05) is 12.8 Å². The summed E-state index contributed by atoms with van der Waals surface area (Å²) < 4.78 is 0.0846. The van der Waals surface area contributed by atoms with Crippen LogP contribution in [0.1, 0.15) is 23.2 Å². The van der Waals surface area contributed by atoms with E-state index in [4.69, 9.17) is 0 Å². The predicted molar refractivity (Wildman–Crippen MR) is 72.6 cm³/mol. The van der Waals surface area contributed by atoms with E-state index in [2.05, 4.69) is 5.32 Å². The van der Waals surface area contributed by atoms with Gasteiger partial charge >= 0.3 is 0 Å². The number of hydrogen-bond donors (Lipinski definition) is 2. The van der Waals surface area contributed by atoms with Gasteiger partial charge in [-0.2, -0.15) is 11.8 Å². The number of phenolic OH excluding ortho intramolecular Hbond substituents is 1. The second-order valence-corrected chi connectivity index (χ2v) is 5.80. The van der Waals surface area contributed by atoms with Crippen LogP contribution < -0.4 is 5.32 Å². The van der Waals surface area contributed by atoms with Gasteiger partial charge in [0, 0.05) is 17.4 Å². The Balaban J connectivity index is 2.14. The molecule has 0 heterocycles. The summed E-state index contributed by atoms with van der Waals surface area (Å²) in [5, 5.41) is 22.9. The minimum atomic E-state index is -0.629. The quantitative estimate of drug-likeness (QED) is 0.636. The molecule has 1 aromatic carbocycles. The van der Waals surface area contributed by atoms with E-state index in [1.807, 2.05) is 6.26 Å². The van der Waals surface area contributed by atoms with E-state index in [0.29, 0.717) is 6.54 Å². The highest BCUT2D eigenvalue weighted by atomic mass is 32.2. The van der Waals surface area contributed by atoms with Gasteiger partial charge in [-0.15, -0.1) is 0 Å². The van der Waals surface area contributed by atoms with Crippen molar-refractivity contribution in [2.24, 2.45) is 0 Å². The van der Waals surface area contributed by atoms with E-state index in [1.54, 1.807) is 11.8 Å². The van der Waals surface area contributed by atoms with Crippen molar-refractivity contribution in [3.05, 3.63) is 33.9 Å². The smallest absolute Gasteiger partial charge is 0.282 e. The van der Waals surface area contributed by atoms with Gasteiger partial charge in [-0.1, -0.05) is 0 Å². The zero-order valence-electron chi connectivity index (χ0n) is 10.4. The number of benzene rings is 1. The third kappa shape index (κ3) is 2.98. The van der Waals surface area contributed by atoms with Crippen LogP contribution in [0.3, 0.4) is 0 Å². The van der Waals surface area contributed by atoms with E-state index in [9.17, 15) is 20.0 Å². The van der Waals surface area contributed by atoms with E-state index in [0.717, 1.165) is 25.0 Å². The second kappa shape index (κ2) is 5.08. The monoisotopic (exact) mass is 282 g/mol. The number of hydrogen-bond acceptors (Lipinski definition) is 5. The van der Waals surface area contributed by atoms with Crippen LogP contribution in [-0.4, -0.2) is 33.5 Å². The lowest BCUT2D eigenvalue weighted by Gasteiger charge is -2.13. The zero-order chi connectivity index (χ0) is 14.0. The summed E-state index contributed by atoms with van der Waals surface area (Å²) in [6, 6.07) is 3.44. The van der Waals surface area contributed by atoms with Crippen molar-refractivity contribution < 1.29 is 14.8 Å². The van der Waals surface area contributed by atoms with Crippen molar-refractivity contribution in [1.82, 2.24) is 5.32 Å². The summed E-state index contributed by atoms with van der Waals surface area (Å²) in [6.07, 6.45) is 4.06. The van der Waals surface area contributed by atoms with Gasteiger partial charge in [-0.25, -0.2) is 0 Å². The van der Waals surface area contributed by atoms with Crippen LogP contribution >= 0.6 is 11.8 Å². The molecule has 0 atom stereocenters. The van der Waals surface area contributed by atoms with Gasteiger partial charge in [-0.05, 0) is 31.2 Å². The van der Waals surface area contributed by atoms with Gasteiger partial charge in [0.25, 0.3) is 11.6 Å². The molecular weight excluding hydrogens is 268 g/mol. The number of carbonyl (C=O) groups excluding carboxylic acids is 1. The maximum absolute atomic E-state index is 12.0. The molecule has 1 aliphatic rings. The molecule has 2 rings (SSSR count). The molecule has 0 aromatic heterocycles. The third-order valence-electron chi connectivity index (χ3n) is 3.23. The number of thioether (sulfide) groups is 1. The molecule has 6 nitrogen and oxygen atoms in total. The molecule has 0 bridgehead atoms. The second-order valence-electron chi connectivity index (χ2n) is 4.53. The summed E-state index contributed by atoms with van der Waals surface area (Å²) in [7, 11) is 0. The molecule has 1 amide bonds. The summed E-state index contributed by atoms with van der Waals surface area (Å²) in [6.45, 7) is 0.486. The molecule has 7 heteroatoms. The Kier molecular flexibility index (Phi) is 3.66. The summed E-state index contributed by atoms with van der Waals surface area (Å²) in [5.41, 5.74) is -0.411. The summed E-state index contributed by atoms with van der Waals surface area (Å²) in [5.74, 6) is -0.690. The SMILES string of the molecule is CSC1(CNC(=O)c2cc(O)ccc2[N+](=O)[O-])CC1. The molecule has 2 N–H and O–H groups in total. The summed E-state index contributed by atoms with van der Waals surface area (Å²) >= 11 is 1.69. The molecule has 1 aromatic rings. The van der Waals surface area contributed by atoms with Crippen molar-refractivity contribution in [1.29, 1.82) is 0 Å². The number of nitro groups is 1. The molecule has 0 aliphatic heterocycles. The van der Waals surface area contributed by atoms with Crippen LogP contribution in [0.5, 0.6) is 5.75 Å². The number of nitrogens with one attached hydrogen (secondary N) is 1. The molecular formula is C12H14N2O4S. The maximum atomic E-state index is 12.0. The molecule has 0 radical (unpaired) electrons. The highest BCUT2D eigenvalue weighted by molar-refractivity contribution is 8.00. The van der Waals surface area contributed by atoms with E-state index in [1.165, 1.54) is 6.07 Å². The van der Waals surface area contributed by atoms with Crippen LogP contribution in [0, 0.1) is 10.1 Å². The van der Waals surface area contributed by atoms with E-state index in [-0.39, 0.29) is 21.7 Å². The average Bonchev–Trinajstić information content (AvgIpc) is 3.16. The van der Waals surface area contributed by atoms with Gasteiger partial charge in [-0.3, -0.25) is 14.9 Å². The number of nitro benzene ring substituents is 1. The lowest BCUT2D eigenvalue weighted by Crippen LogP contribution is -2.32. The van der Waals surface area contributed by atoms with Crippen LogP contribution in [0.4, 0.5) is 5.69 Å². The standard InChI is InChI=1S/C12H14N2O4S/c1-19-12(4-5-12)7-13-11(16)9-6-8(15)2-3-10(9)14(17)18/h2-3,6,15H,4-5,7H2,1H3,(H,13,16). The minimum Gasteiger partial charge on any atom is -0.508 e. The molecule has 1 saturated carbocycles. The Morgan fingerprint density at radius 1 is 1.58 bits per heavy atom. The molecule has 0 saturated heterocycles. The Morgan fingerprint density at radius 3 is 2.79 bits per heavy atom. The lowest BCUT2D eigenvalue weighted by atomic mass is 10.1. The Hall–Kier alpha value is -1.76. The first kappa shape index (κ1) is 13.7. The van der Waals surface area contributed by atoms with E-state index < -0.39 is 10.8 Å². The van der Waals surface area contributed by atoms with Gasteiger partial charge < -0.3 is 10.4 Å². The molecule has 102 valence electrons. The van der Waals surface area contributed by atoms with Crippen molar-refractivity contribution in [3.8, 4) is 5.75 Å². The number of aromatic hydroxyl groups is 1. The average molecular weight is 282 g/mol. The molecule has 0 spiro atoms. The highest BCUT2D eigenvalue weighted by Crippen LogP contribution is 2.46.